The Morgan fingerprint density at radius 2 is 1.67 bits per heavy atom. The van der Waals surface area contributed by atoms with Crippen molar-refractivity contribution in [3.05, 3.63) is 71.9 Å². The molecular formula is C28H28N2O5S. The minimum Gasteiger partial charge on any atom is -0.454 e. The van der Waals surface area contributed by atoms with Gasteiger partial charge in [-0.3, -0.25) is 9.78 Å². The second-order valence-corrected chi connectivity index (χ2v) is 11.7. The average molecular weight is 505 g/mol. The molecule has 0 spiro atoms. The Morgan fingerprint density at radius 3 is 2.42 bits per heavy atom. The van der Waals surface area contributed by atoms with Crippen molar-refractivity contribution in [1.82, 2.24) is 9.29 Å². The number of aromatic nitrogens is 1. The Morgan fingerprint density at radius 1 is 0.917 bits per heavy atom. The fourth-order valence-electron chi connectivity index (χ4n) is 5.17. The number of hydrogen-bond donors (Lipinski definition) is 0. The molecular weight excluding hydrogens is 476 g/mol. The number of piperidine rings is 1. The third-order valence-corrected chi connectivity index (χ3v) is 9.37. The zero-order valence-corrected chi connectivity index (χ0v) is 20.8. The molecule has 3 heterocycles. The molecule has 1 aliphatic carbocycles. The molecule has 2 aliphatic heterocycles. The summed E-state index contributed by atoms with van der Waals surface area (Å²) in [6, 6.07) is 18.3. The second kappa shape index (κ2) is 9.01. The van der Waals surface area contributed by atoms with Crippen molar-refractivity contribution < 1.29 is 22.7 Å². The summed E-state index contributed by atoms with van der Waals surface area (Å²) in [4.78, 5) is 18.4. The van der Waals surface area contributed by atoms with Crippen molar-refractivity contribution in [1.29, 1.82) is 0 Å². The first-order valence-corrected chi connectivity index (χ1v) is 13.9. The Balaban J connectivity index is 1.19. The van der Waals surface area contributed by atoms with Gasteiger partial charge in [-0.2, -0.15) is 4.31 Å². The number of nitrogens with zero attached hydrogens (tertiary/aromatic N) is 2. The minimum absolute atomic E-state index is 0.147. The van der Waals surface area contributed by atoms with Crippen molar-refractivity contribution in [3.8, 4) is 22.8 Å². The van der Waals surface area contributed by atoms with Crippen LogP contribution in [-0.2, 0) is 26.7 Å². The summed E-state index contributed by atoms with van der Waals surface area (Å²) in [5.74, 6) is 1.55. The highest BCUT2D eigenvalue weighted by Gasteiger charge is 2.51. The lowest BCUT2D eigenvalue weighted by atomic mass is 9.88. The van der Waals surface area contributed by atoms with Crippen LogP contribution in [0.3, 0.4) is 0 Å². The summed E-state index contributed by atoms with van der Waals surface area (Å²) in [6.45, 7) is 1.37. The van der Waals surface area contributed by atoms with Crippen LogP contribution in [0, 0.1) is 0 Å². The first-order chi connectivity index (χ1) is 17.5. The molecule has 0 unspecified atom stereocenters. The second-order valence-electron chi connectivity index (χ2n) is 9.75. The van der Waals surface area contributed by atoms with E-state index >= 15 is 0 Å². The van der Waals surface area contributed by atoms with Crippen LogP contribution in [0.15, 0.2) is 65.6 Å². The molecule has 2 fully saturated rings. The SMILES string of the molecule is O=C(Cc1cccc(-c2ccc(S(=O)(=O)N3CCCCC3)cc2)n1)C1(c2ccc3c(c2)OCO3)CC1. The lowest BCUT2D eigenvalue weighted by Crippen LogP contribution is -2.35. The fraction of sp³-hybridized carbons (Fsp3) is 0.357. The first kappa shape index (κ1) is 23.2. The highest BCUT2D eigenvalue weighted by atomic mass is 32.2. The molecule has 1 saturated heterocycles. The van der Waals surface area contributed by atoms with Gasteiger partial charge in [0.05, 0.1) is 16.0 Å². The van der Waals surface area contributed by atoms with Crippen LogP contribution in [0.25, 0.3) is 11.3 Å². The van der Waals surface area contributed by atoms with E-state index in [1.54, 1.807) is 28.6 Å². The number of fused-ring (bicyclic) bond motifs is 1. The maximum Gasteiger partial charge on any atom is 0.243 e. The van der Waals surface area contributed by atoms with E-state index in [0.717, 1.165) is 48.9 Å². The molecule has 7 nitrogen and oxygen atoms in total. The monoisotopic (exact) mass is 504 g/mol. The maximum atomic E-state index is 13.4. The van der Waals surface area contributed by atoms with Crippen LogP contribution >= 0.6 is 0 Å². The standard InChI is InChI=1S/C28H28N2O5S/c31-27(28(13-14-28)21-9-12-25-26(17-21)35-19-34-25)18-22-5-4-6-24(29-22)20-7-10-23(11-8-20)36(32,33)30-15-2-1-3-16-30/h4-12,17H,1-3,13-16,18-19H2. The third-order valence-electron chi connectivity index (χ3n) is 7.46. The van der Waals surface area contributed by atoms with E-state index in [2.05, 4.69) is 0 Å². The van der Waals surface area contributed by atoms with Crippen LogP contribution in [0.5, 0.6) is 11.5 Å². The number of benzene rings is 2. The Hall–Kier alpha value is -3.23. The van der Waals surface area contributed by atoms with Crippen LogP contribution in [0.1, 0.15) is 43.4 Å². The number of carbonyl (C=O) groups excluding carboxylic acids is 1. The van der Waals surface area contributed by atoms with Gasteiger partial charge < -0.3 is 9.47 Å². The number of pyridine rings is 1. The Kier molecular flexibility index (Phi) is 5.80. The van der Waals surface area contributed by atoms with Gasteiger partial charge in [-0.15, -0.1) is 0 Å². The van der Waals surface area contributed by atoms with Crippen LogP contribution in [0.2, 0.25) is 0 Å². The van der Waals surface area contributed by atoms with E-state index in [0.29, 0.717) is 35.2 Å². The highest BCUT2D eigenvalue weighted by molar-refractivity contribution is 7.89. The molecule has 8 heteroatoms. The number of ether oxygens (including phenoxy) is 2. The van der Waals surface area contributed by atoms with E-state index in [-0.39, 0.29) is 19.0 Å². The molecule has 36 heavy (non-hydrogen) atoms. The molecule has 2 aromatic carbocycles. The molecule has 0 radical (unpaired) electrons. The largest absolute Gasteiger partial charge is 0.454 e. The smallest absolute Gasteiger partial charge is 0.243 e. The van der Waals surface area contributed by atoms with Gasteiger partial charge in [-0.05, 0) is 67.6 Å². The first-order valence-electron chi connectivity index (χ1n) is 12.5. The molecule has 0 bridgehead atoms. The Labute approximate surface area is 211 Å². The van der Waals surface area contributed by atoms with Crippen molar-refractivity contribution in [2.24, 2.45) is 0 Å². The molecule has 0 atom stereocenters. The molecule has 186 valence electrons. The number of sulfonamides is 1. The van der Waals surface area contributed by atoms with Gasteiger partial charge in [0.1, 0.15) is 5.78 Å². The maximum absolute atomic E-state index is 13.4. The quantitative estimate of drug-likeness (QED) is 0.471. The van der Waals surface area contributed by atoms with E-state index < -0.39 is 15.4 Å². The number of Topliss-reactive ketones (excluding diaryl/α,β-unsaturated/α-hetero) is 1. The van der Waals surface area contributed by atoms with Gasteiger partial charge in [-0.1, -0.05) is 30.7 Å². The molecule has 1 aromatic heterocycles. The van der Waals surface area contributed by atoms with Crippen LogP contribution in [-0.4, -0.2) is 43.4 Å². The van der Waals surface area contributed by atoms with Gasteiger partial charge in [0.15, 0.2) is 11.5 Å². The fourth-order valence-corrected chi connectivity index (χ4v) is 6.69. The molecule has 3 aliphatic rings. The predicted octanol–water partition coefficient (Wildman–Crippen LogP) is 4.50. The molecule has 1 saturated carbocycles. The van der Waals surface area contributed by atoms with E-state index in [9.17, 15) is 13.2 Å². The lowest BCUT2D eigenvalue weighted by Gasteiger charge is -2.25. The van der Waals surface area contributed by atoms with Crippen molar-refractivity contribution in [2.75, 3.05) is 19.9 Å². The van der Waals surface area contributed by atoms with Gasteiger partial charge >= 0.3 is 0 Å². The summed E-state index contributed by atoms with van der Waals surface area (Å²) in [7, 11) is -3.47. The van der Waals surface area contributed by atoms with E-state index in [4.69, 9.17) is 14.5 Å². The molecule has 6 rings (SSSR count). The van der Waals surface area contributed by atoms with Gasteiger partial charge in [0, 0.05) is 30.8 Å². The summed E-state index contributed by atoms with van der Waals surface area (Å²) in [5.41, 5.74) is 2.73. The minimum atomic E-state index is -3.47. The number of rotatable bonds is 7. The van der Waals surface area contributed by atoms with Crippen LogP contribution < -0.4 is 9.47 Å². The molecule has 3 aromatic rings. The molecule has 0 amide bonds. The van der Waals surface area contributed by atoms with Crippen molar-refractivity contribution in [2.45, 2.75) is 48.8 Å². The van der Waals surface area contributed by atoms with Gasteiger partial charge in [0.25, 0.3) is 0 Å². The topological polar surface area (TPSA) is 85.8 Å². The number of ketones is 1. The van der Waals surface area contributed by atoms with E-state index in [1.807, 2.05) is 36.4 Å². The third kappa shape index (κ3) is 4.18. The lowest BCUT2D eigenvalue weighted by molar-refractivity contribution is -0.120. The van der Waals surface area contributed by atoms with E-state index in [1.165, 1.54) is 0 Å². The Bertz CT molecular complexity index is 1410. The van der Waals surface area contributed by atoms with Gasteiger partial charge in [-0.25, -0.2) is 8.42 Å². The predicted molar refractivity (Wildman–Crippen MR) is 134 cm³/mol. The highest BCUT2D eigenvalue weighted by Crippen LogP contribution is 2.51. The van der Waals surface area contributed by atoms with Crippen molar-refractivity contribution in [3.63, 3.8) is 0 Å². The van der Waals surface area contributed by atoms with Gasteiger partial charge in [0.2, 0.25) is 16.8 Å². The summed E-state index contributed by atoms with van der Waals surface area (Å²) < 4.78 is 38.4. The number of hydrogen-bond acceptors (Lipinski definition) is 6. The normalized spacial score (nSPS) is 18.7. The molecule has 0 N–H and O–H groups in total. The van der Waals surface area contributed by atoms with Crippen molar-refractivity contribution >= 4 is 15.8 Å². The van der Waals surface area contributed by atoms with Crippen LogP contribution in [0.4, 0.5) is 0 Å². The summed E-state index contributed by atoms with van der Waals surface area (Å²) in [5, 5.41) is 0. The zero-order chi connectivity index (χ0) is 24.8. The summed E-state index contributed by atoms with van der Waals surface area (Å²) in [6.07, 6.45) is 4.76. The number of carbonyl (C=O) groups is 1. The zero-order valence-electron chi connectivity index (χ0n) is 20.0. The average Bonchev–Trinajstić information content (AvgIpc) is 3.60. The summed E-state index contributed by atoms with van der Waals surface area (Å²) >= 11 is 0.